The van der Waals surface area contributed by atoms with Crippen molar-refractivity contribution >= 4 is 46.9 Å². The van der Waals surface area contributed by atoms with E-state index in [0.717, 1.165) is 45.7 Å². The van der Waals surface area contributed by atoms with Crippen molar-refractivity contribution in [3.8, 4) is 11.1 Å². The zero-order valence-electron chi connectivity index (χ0n) is 35.9. The van der Waals surface area contributed by atoms with Crippen LogP contribution in [0.4, 0.5) is 20.3 Å². The smallest absolute Gasteiger partial charge is 0.264 e. The van der Waals surface area contributed by atoms with E-state index in [0.29, 0.717) is 107 Å². The highest BCUT2D eigenvalue weighted by molar-refractivity contribution is 6.23. The Morgan fingerprint density at radius 2 is 1.58 bits per heavy atom. The summed E-state index contributed by atoms with van der Waals surface area (Å²) in [6, 6.07) is 5.99. The van der Waals surface area contributed by atoms with Gasteiger partial charge in [-0.25, -0.2) is 8.78 Å². The molecule has 2 aromatic carbocycles. The number of alkyl halides is 2. The van der Waals surface area contributed by atoms with Gasteiger partial charge in [0, 0.05) is 113 Å². The number of anilines is 2. The summed E-state index contributed by atoms with van der Waals surface area (Å²) < 4.78 is 33.2. The molecule has 0 saturated carbocycles. The summed E-state index contributed by atoms with van der Waals surface area (Å²) in [7, 11) is 1.76. The molecule has 2 aromatic heterocycles. The van der Waals surface area contributed by atoms with Crippen molar-refractivity contribution < 1.29 is 37.5 Å². The maximum atomic E-state index is 14.7. The molecule has 18 heteroatoms. The van der Waals surface area contributed by atoms with Crippen molar-refractivity contribution in [1.29, 1.82) is 0 Å². The lowest BCUT2D eigenvalue weighted by molar-refractivity contribution is -0.136. The number of aromatic nitrogens is 4. The van der Waals surface area contributed by atoms with E-state index < -0.39 is 36.1 Å². The molecule has 16 nitrogen and oxygen atoms in total. The van der Waals surface area contributed by atoms with E-state index in [4.69, 9.17) is 5.10 Å². The third-order valence-corrected chi connectivity index (χ3v) is 14.0. The Hall–Kier alpha value is -6.30. The van der Waals surface area contributed by atoms with Gasteiger partial charge in [0.05, 0.1) is 29.9 Å². The van der Waals surface area contributed by atoms with Crippen molar-refractivity contribution in [1.82, 2.24) is 44.5 Å². The minimum Gasteiger partial charge on any atom is -0.343 e. The van der Waals surface area contributed by atoms with E-state index in [-0.39, 0.29) is 47.4 Å². The van der Waals surface area contributed by atoms with Crippen LogP contribution in [-0.2, 0) is 58.6 Å². The van der Waals surface area contributed by atoms with Crippen LogP contribution >= 0.6 is 0 Å². The molecule has 10 rings (SSSR count). The van der Waals surface area contributed by atoms with Gasteiger partial charge in [0.15, 0.2) is 5.82 Å². The highest BCUT2D eigenvalue weighted by Gasteiger charge is 2.45. The van der Waals surface area contributed by atoms with Gasteiger partial charge in [-0.15, -0.1) is 0 Å². The van der Waals surface area contributed by atoms with E-state index in [1.807, 2.05) is 15.9 Å². The zero-order valence-corrected chi connectivity index (χ0v) is 35.9. The monoisotopic (exact) mass is 876 g/mol. The number of nitrogens with one attached hydrogen (secondary N) is 1. The molecule has 64 heavy (non-hydrogen) atoms. The van der Waals surface area contributed by atoms with Crippen molar-refractivity contribution in [2.24, 2.45) is 7.05 Å². The van der Waals surface area contributed by atoms with Gasteiger partial charge in [0.2, 0.25) is 23.6 Å². The fourth-order valence-corrected chi connectivity index (χ4v) is 10.6. The van der Waals surface area contributed by atoms with Crippen LogP contribution in [0.15, 0.2) is 36.7 Å². The second-order valence-electron chi connectivity index (χ2n) is 17.9. The normalized spacial score (nSPS) is 20.4. The highest BCUT2D eigenvalue weighted by Crippen LogP contribution is 2.44. The molecule has 6 amide bonds. The molecule has 6 aliphatic rings. The van der Waals surface area contributed by atoms with Gasteiger partial charge in [-0.05, 0) is 85.0 Å². The summed E-state index contributed by atoms with van der Waals surface area (Å²) in [6.07, 6.45) is 5.34. The van der Waals surface area contributed by atoms with Crippen molar-refractivity contribution in [2.75, 3.05) is 44.2 Å². The number of aryl methyl sites for hydroxylation is 2. The number of halogens is 2. The van der Waals surface area contributed by atoms with Gasteiger partial charge in [-0.1, -0.05) is 0 Å². The van der Waals surface area contributed by atoms with Gasteiger partial charge in [0.25, 0.3) is 18.2 Å². The van der Waals surface area contributed by atoms with E-state index in [1.54, 1.807) is 49.2 Å². The van der Waals surface area contributed by atoms with Crippen LogP contribution in [0.5, 0.6) is 0 Å². The van der Waals surface area contributed by atoms with E-state index in [2.05, 4.69) is 24.9 Å². The first-order chi connectivity index (χ1) is 30.8. The number of imide groups is 2. The standard InChI is InChI=1S/C46H50F2N10O6/c1-26(59)55-17-10-37-36(25-55)43(56-12-3-4-28-19-32(30-22-49-52(2)23-30)33(42(47)48)21-39(28)56)51-58(37)31-8-15-54(16-9-31)41(61)11-14-53-13-7-27-18-34-35(20-29(27)24-53)46(64)57(45(34)63)38-5-6-40(60)50-44(38)62/h18-23,31,38,42H,3-17,24-25H2,1-2H3,(H,50,60,62). The van der Waals surface area contributed by atoms with Crippen molar-refractivity contribution in [3.63, 3.8) is 0 Å². The Labute approximate surface area is 368 Å². The van der Waals surface area contributed by atoms with Gasteiger partial charge in [-0.2, -0.15) is 10.2 Å². The van der Waals surface area contributed by atoms with Gasteiger partial charge < -0.3 is 14.7 Å². The molecule has 1 N–H and O–H groups in total. The van der Waals surface area contributed by atoms with Crippen LogP contribution in [-0.4, -0.2) is 120 Å². The quantitative estimate of drug-likeness (QED) is 0.254. The lowest BCUT2D eigenvalue weighted by Gasteiger charge is -2.35. The van der Waals surface area contributed by atoms with Crippen molar-refractivity contribution in [2.45, 2.75) is 96.3 Å². The Morgan fingerprint density at radius 3 is 2.28 bits per heavy atom. The molecular formula is C46H50F2N10O6. The summed E-state index contributed by atoms with van der Waals surface area (Å²) in [5.41, 5.74) is 7.14. The van der Waals surface area contributed by atoms with E-state index >= 15 is 0 Å². The molecule has 8 heterocycles. The Balaban J connectivity index is 0.813. The average Bonchev–Trinajstić information content (AvgIpc) is 3.97. The minimum atomic E-state index is -2.70. The summed E-state index contributed by atoms with van der Waals surface area (Å²) in [6.45, 7) is 5.96. The van der Waals surface area contributed by atoms with E-state index in [1.165, 1.54) is 0 Å². The SMILES string of the molecule is CC(=O)N1CCc2c(c(N3CCCc4cc(-c5cnn(C)c5)c(C(F)F)cc43)nn2C2CCN(C(=O)CCN3CCc4cc5c(cc4C3)C(=O)N(C3CCC(=O)NC3=O)C5=O)CC2)C1. The van der Waals surface area contributed by atoms with Gasteiger partial charge in [0.1, 0.15) is 6.04 Å². The second-order valence-corrected chi connectivity index (χ2v) is 17.9. The predicted molar refractivity (Wildman–Crippen MR) is 228 cm³/mol. The lowest BCUT2D eigenvalue weighted by Crippen LogP contribution is -2.54. The number of benzene rings is 2. The molecular weight excluding hydrogens is 827 g/mol. The minimum absolute atomic E-state index is 0.0186. The molecule has 1 unspecified atom stereocenters. The van der Waals surface area contributed by atoms with Crippen LogP contribution in [0.25, 0.3) is 11.1 Å². The number of carbonyl (C=O) groups is 6. The molecule has 1 atom stereocenters. The number of likely N-dealkylation sites (tertiary alicyclic amines) is 1. The maximum absolute atomic E-state index is 14.7. The predicted octanol–water partition coefficient (Wildman–Crippen LogP) is 4.22. The third kappa shape index (κ3) is 7.34. The molecule has 0 aliphatic carbocycles. The van der Waals surface area contributed by atoms with Crippen LogP contribution < -0.4 is 10.2 Å². The number of hydrogen-bond acceptors (Lipinski definition) is 10. The molecule has 0 spiro atoms. The molecule has 4 aromatic rings. The zero-order chi connectivity index (χ0) is 44.6. The average molecular weight is 877 g/mol. The molecule has 6 aliphatic heterocycles. The van der Waals surface area contributed by atoms with Gasteiger partial charge >= 0.3 is 0 Å². The topological polar surface area (TPSA) is 166 Å². The maximum Gasteiger partial charge on any atom is 0.264 e. The lowest BCUT2D eigenvalue weighted by atomic mass is 9.92. The fourth-order valence-electron chi connectivity index (χ4n) is 10.6. The Morgan fingerprint density at radius 1 is 0.828 bits per heavy atom. The number of piperidine rings is 2. The summed E-state index contributed by atoms with van der Waals surface area (Å²) in [5.74, 6) is -1.38. The first-order valence-electron chi connectivity index (χ1n) is 22.3. The number of hydrogen-bond donors (Lipinski definition) is 1. The summed E-state index contributed by atoms with van der Waals surface area (Å²) in [5, 5.41) is 11.7. The third-order valence-electron chi connectivity index (χ3n) is 14.0. The molecule has 2 saturated heterocycles. The number of fused-ring (bicyclic) bond motifs is 4. The Bertz CT molecular complexity index is 2630. The molecule has 0 bridgehead atoms. The Kier molecular flexibility index (Phi) is 10.7. The molecule has 2 fully saturated rings. The van der Waals surface area contributed by atoms with E-state index in [9.17, 15) is 37.5 Å². The van der Waals surface area contributed by atoms with Crippen LogP contribution in [0.3, 0.4) is 0 Å². The van der Waals surface area contributed by atoms with Crippen LogP contribution in [0, 0.1) is 0 Å². The first-order valence-corrected chi connectivity index (χ1v) is 22.3. The molecule has 0 radical (unpaired) electrons. The van der Waals surface area contributed by atoms with Crippen LogP contribution in [0.1, 0.15) is 112 Å². The largest absolute Gasteiger partial charge is 0.343 e. The fraction of sp³-hybridized carbons (Fsp3) is 0.478. The second kappa shape index (κ2) is 16.4. The molecule has 334 valence electrons. The number of amides is 6. The number of rotatable bonds is 8. The summed E-state index contributed by atoms with van der Waals surface area (Å²) >= 11 is 0. The first kappa shape index (κ1) is 41.7. The number of nitrogens with zero attached hydrogens (tertiary/aromatic N) is 9. The number of carbonyl (C=O) groups excluding carboxylic acids is 6. The van der Waals surface area contributed by atoms with Crippen molar-refractivity contribution in [3.05, 3.63) is 81.3 Å². The summed E-state index contributed by atoms with van der Waals surface area (Å²) in [4.78, 5) is 86.3. The van der Waals surface area contributed by atoms with Crippen LogP contribution in [0.2, 0.25) is 0 Å². The highest BCUT2D eigenvalue weighted by atomic mass is 19.3. The van der Waals surface area contributed by atoms with Gasteiger partial charge in [-0.3, -0.25) is 53.2 Å².